The summed E-state index contributed by atoms with van der Waals surface area (Å²) in [5.41, 5.74) is 0. The van der Waals surface area contributed by atoms with Crippen LogP contribution in [0.2, 0.25) is 36.3 Å². The summed E-state index contributed by atoms with van der Waals surface area (Å²) in [5.74, 6) is 4.09. The third-order valence-electron chi connectivity index (χ3n) is 9.51. The standard InChI is InChI=1S/C25H52O2Si2/c1-9-28(10-2,11-3)26-19-21(8)22-16-17-23-24(18-15-20(7)25(22)23)27-29(12-4,13-5)14-6/h20-25H,9-19H2,1-8H3. The molecule has 0 aromatic heterocycles. The van der Waals surface area contributed by atoms with Crippen molar-refractivity contribution in [2.45, 2.75) is 123 Å². The number of rotatable bonds is 12. The molecule has 0 bridgehead atoms. The lowest BCUT2D eigenvalue weighted by Gasteiger charge is -2.45. The molecule has 0 amide bonds. The van der Waals surface area contributed by atoms with E-state index in [-0.39, 0.29) is 0 Å². The van der Waals surface area contributed by atoms with Crippen LogP contribution in [0.15, 0.2) is 0 Å². The third kappa shape index (κ3) is 5.59. The van der Waals surface area contributed by atoms with Gasteiger partial charge in [0.1, 0.15) is 0 Å². The molecule has 0 radical (unpaired) electrons. The summed E-state index contributed by atoms with van der Waals surface area (Å²) in [7, 11) is -2.98. The molecule has 0 saturated heterocycles. The van der Waals surface area contributed by atoms with Gasteiger partial charge >= 0.3 is 0 Å². The Bertz CT molecular complexity index is 459. The molecule has 4 heteroatoms. The Hall–Kier alpha value is 0.354. The van der Waals surface area contributed by atoms with Gasteiger partial charge in [-0.15, -0.1) is 0 Å². The minimum Gasteiger partial charge on any atom is -0.417 e. The van der Waals surface area contributed by atoms with E-state index < -0.39 is 16.6 Å². The molecule has 0 aromatic rings. The van der Waals surface area contributed by atoms with Gasteiger partial charge in [-0.1, -0.05) is 55.4 Å². The van der Waals surface area contributed by atoms with Crippen molar-refractivity contribution in [3.05, 3.63) is 0 Å². The Labute approximate surface area is 185 Å². The first kappa shape index (κ1) is 25.6. The zero-order chi connectivity index (χ0) is 21.7. The van der Waals surface area contributed by atoms with Crippen molar-refractivity contribution in [1.29, 1.82) is 0 Å². The molecule has 2 fully saturated rings. The Kier molecular flexibility index (Phi) is 9.97. The minimum absolute atomic E-state index is 0.552. The Morgan fingerprint density at radius 1 is 0.759 bits per heavy atom. The van der Waals surface area contributed by atoms with Gasteiger partial charge in [0, 0.05) is 12.7 Å². The highest BCUT2D eigenvalue weighted by atomic mass is 28.4. The summed E-state index contributed by atoms with van der Waals surface area (Å²) in [6.45, 7) is 20.2. The highest BCUT2D eigenvalue weighted by Gasteiger charge is 2.49. The maximum absolute atomic E-state index is 7.10. The fraction of sp³-hybridized carbons (Fsp3) is 1.00. The van der Waals surface area contributed by atoms with E-state index in [1.807, 2.05) is 0 Å². The van der Waals surface area contributed by atoms with Crippen molar-refractivity contribution in [2.24, 2.45) is 29.6 Å². The first-order chi connectivity index (χ1) is 13.8. The van der Waals surface area contributed by atoms with E-state index in [4.69, 9.17) is 8.85 Å². The Morgan fingerprint density at radius 3 is 1.83 bits per heavy atom. The first-order valence-electron chi connectivity index (χ1n) is 13.2. The van der Waals surface area contributed by atoms with Crippen LogP contribution in [0.3, 0.4) is 0 Å². The average molecular weight is 441 g/mol. The van der Waals surface area contributed by atoms with Crippen LogP contribution in [-0.4, -0.2) is 29.3 Å². The summed E-state index contributed by atoms with van der Waals surface area (Å²) < 4.78 is 13.8. The number of hydrogen-bond acceptors (Lipinski definition) is 2. The summed E-state index contributed by atoms with van der Waals surface area (Å²) in [4.78, 5) is 0. The molecule has 6 unspecified atom stereocenters. The molecule has 0 aliphatic heterocycles. The zero-order valence-electron chi connectivity index (χ0n) is 21.1. The zero-order valence-corrected chi connectivity index (χ0v) is 23.1. The predicted molar refractivity (Wildman–Crippen MR) is 132 cm³/mol. The fourth-order valence-corrected chi connectivity index (χ4v) is 12.5. The molecule has 0 spiro atoms. The second kappa shape index (κ2) is 11.3. The van der Waals surface area contributed by atoms with Crippen molar-refractivity contribution in [2.75, 3.05) is 6.61 Å². The van der Waals surface area contributed by atoms with Crippen molar-refractivity contribution in [1.82, 2.24) is 0 Å². The fourth-order valence-electron chi connectivity index (χ4n) is 6.82. The largest absolute Gasteiger partial charge is 0.417 e. The quantitative estimate of drug-likeness (QED) is 0.285. The monoisotopic (exact) mass is 440 g/mol. The van der Waals surface area contributed by atoms with E-state index in [0.717, 1.165) is 30.3 Å². The molecule has 2 nitrogen and oxygen atoms in total. The van der Waals surface area contributed by atoms with Crippen LogP contribution in [0, 0.1) is 29.6 Å². The van der Waals surface area contributed by atoms with Gasteiger partial charge in [-0.05, 0) is 91.5 Å². The maximum atomic E-state index is 7.10. The van der Waals surface area contributed by atoms with Crippen molar-refractivity contribution >= 4 is 16.6 Å². The van der Waals surface area contributed by atoms with E-state index in [9.17, 15) is 0 Å². The molecule has 2 aliphatic rings. The first-order valence-corrected chi connectivity index (χ1v) is 18.2. The minimum atomic E-state index is -1.51. The van der Waals surface area contributed by atoms with Crippen LogP contribution < -0.4 is 0 Å². The second-order valence-electron chi connectivity index (χ2n) is 10.5. The number of hydrogen-bond donors (Lipinski definition) is 0. The SMILES string of the molecule is CC[Si](CC)(CC)OCC(C)C1CCC2C(O[Si](CC)(CC)CC)CCC(C)C12. The van der Waals surface area contributed by atoms with Crippen molar-refractivity contribution in [3.63, 3.8) is 0 Å². The Balaban J connectivity index is 2.06. The average Bonchev–Trinajstić information content (AvgIpc) is 3.21. The van der Waals surface area contributed by atoms with Crippen LogP contribution >= 0.6 is 0 Å². The summed E-state index contributed by atoms with van der Waals surface area (Å²) in [5, 5.41) is 0. The van der Waals surface area contributed by atoms with Crippen LogP contribution in [0.5, 0.6) is 0 Å². The summed E-state index contributed by atoms with van der Waals surface area (Å²) >= 11 is 0. The van der Waals surface area contributed by atoms with Gasteiger partial charge in [0.25, 0.3) is 0 Å². The van der Waals surface area contributed by atoms with Gasteiger partial charge in [-0.2, -0.15) is 0 Å². The summed E-state index contributed by atoms with van der Waals surface area (Å²) in [6.07, 6.45) is 6.04. The molecule has 6 atom stereocenters. The second-order valence-corrected chi connectivity index (χ2v) is 20.0. The highest BCUT2D eigenvalue weighted by molar-refractivity contribution is 6.74. The molecule has 2 rings (SSSR count). The molecule has 172 valence electrons. The van der Waals surface area contributed by atoms with Gasteiger partial charge < -0.3 is 8.85 Å². The molecule has 2 saturated carbocycles. The van der Waals surface area contributed by atoms with Gasteiger partial charge in [-0.3, -0.25) is 0 Å². The molecule has 0 aromatic carbocycles. The van der Waals surface area contributed by atoms with Crippen LogP contribution in [0.25, 0.3) is 0 Å². The van der Waals surface area contributed by atoms with Crippen LogP contribution in [0.1, 0.15) is 81.1 Å². The van der Waals surface area contributed by atoms with Gasteiger partial charge in [0.05, 0.1) is 0 Å². The predicted octanol–water partition coefficient (Wildman–Crippen LogP) is 8.11. The van der Waals surface area contributed by atoms with E-state index in [2.05, 4.69) is 55.4 Å². The van der Waals surface area contributed by atoms with E-state index >= 15 is 0 Å². The van der Waals surface area contributed by atoms with Gasteiger partial charge in [-0.25, -0.2) is 0 Å². The van der Waals surface area contributed by atoms with Crippen molar-refractivity contribution in [3.8, 4) is 0 Å². The lowest BCUT2D eigenvalue weighted by atomic mass is 9.68. The van der Waals surface area contributed by atoms with Crippen LogP contribution in [0.4, 0.5) is 0 Å². The van der Waals surface area contributed by atoms with Gasteiger partial charge in [0.2, 0.25) is 0 Å². The normalized spacial score (nSPS) is 31.7. The Morgan fingerprint density at radius 2 is 1.31 bits per heavy atom. The molecular weight excluding hydrogens is 388 g/mol. The third-order valence-corrected chi connectivity index (χ3v) is 18.8. The molecular formula is C25H52O2Si2. The van der Waals surface area contributed by atoms with Crippen LogP contribution in [-0.2, 0) is 8.85 Å². The molecule has 2 aliphatic carbocycles. The number of fused-ring (bicyclic) bond motifs is 1. The lowest BCUT2D eigenvalue weighted by molar-refractivity contribution is 0.00751. The van der Waals surface area contributed by atoms with Gasteiger partial charge in [0.15, 0.2) is 16.6 Å². The van der Waals surface area contributed by atoms with Crippen molar-refractivity contribution < 1.29 is 8.85 Å². The van der Waals surface area contributed by atoms with E-state index in [0.29, 0.717) is 12.0 Å². The smallest absolute Gasteiger partial charge is 0.192 e. The van der Waals surface area contributed by atoms with E-state index in [1.165, 1.54) is 61.9 Å². The topological polar surface area (TPSA) is 18.5 Å². The highest BCUT2D eigenvalue weighted by Crippen LogP contribution is 2.53. The molecule has 0 heterocycles. The van der Waals surface area contributed by atoms with E-state index in [1.54, 1.807) is 0 Å². The lowest BCUT2D eigenvalue weighted by Crippen LogP contribution is -2.47. The summed E-state index contributed by atoms with van der Waals surface area (Å²) in [6, 6.07) is 7.67. The molecule has 0 N–H and O–H groups in total. The maximum Gasteiger partial charge on any atom is 0.192 e. The molecule has 29 heavy (non-hydrogen) atoms.